The third-order valence-electron chi connectivity index (χ3n) is 2.24. The number of hydrogen-bond acceptors (Lipinski definition) is 4. The van der Waals surface area contributed by atoms with Crippen LogP contribution in [0.25, 0.3) is 0 Å². The van der Waals surface area contributed by atoms with Gasteiger partial charge in [0, 0.05) is 13.3 Å². The van der Waals surface area contributed by atoms with Gasteiger partial charge in [-0.25, -0.2) is 0 Å². The van der Waals surface area contributed by atoms with Gasteiger partial charge in [-0.05, 0) is 20.3 Å². The third kappa shape index (κ3) is 3.64. The maximum atomic E-state index is 10.6. The zero-order chi connectivity index (χ0) is 10.6. The number of ether oxygens (including phenoxy) is 3. The van der Waals surface area contributed by atoms with Crippen LogP contribution < -0.4 is 0 Å². The maximum absolute atomic E-state index is 10.6. The van der Waals surface area contributed by atoms with E-state index in [1.54, 1.807) is 0 Å². The molecule has 1 aliphatic rings. The van der Waals surface area contributed by atoms with Crippen LogP contribution in [0.4, 0.5) is 0 Å². The number of hydrogen-bond donors (Lipinski definition) is 0. The first-order valence-electron chi connectivity index (χ1n) is 4.97. The zero-order valence-corrected chi connectivity index (χ0v) is 9.04. The molecule has 14 heavy (non-hydrogen) atoms. The standard InChI is InChI=1S/C10H18O4/c1-8-4-6-13-10(3,14-8)5-7-12-9(2)11/h8H,4-7H2,1-3H3. The van der Waals surface area contributed by atoms with Gasteiger partial charge >= 0.3 is 5.97 Å². The van der Waals surface area contributed by atoms with Gasteiger partial charge in [0.05, 0.1) is 19.3 Å². The van der Waals surface area contributed by atoms with Crippen molar-refractivity contribution in [2.45, 2.75) is 45.5 Å². The van der Waals surface area contributed by atoms with Crippen molar-refractivity contribution in [3.05, 3.63) is 0 Å². The first-order valence-corrected chi connectivity index (χ1v) is 4.97. The Morgan fingerprint density at radius 1 is 1.64 bits per heavy atom. The summed E-state index contributed by atoms with van der Waals surface area (Å²) in [6, 6.07) is 0. The van der Waals surface area contributed by atoms with E-state index < -0.39 is 5.79 Å². The molecule has 1 aliphatic heterocycles. The lowest BCUT2D eigenvalue weighted by Gasteiger charge is -2.37. The summed E-state index contributed by atoms with van der Waals surface area (Å²) in [5, 5.41) is 0. The molecule has 0 aromatic heterocycles. The summed E-state index contributed by atoms with van der Waals surface area (Å²) in [4.78, 5) is 10.6. The van der Waals surface area contributed by atoms with Crippen molar-refractivity contribution in [2.75, 3.05) is 13.2 Å². The molecule has 4 nitrogen and oxygen atoms in total. The lowest BCUT2D eigenvalue weighted by atomic mass is 10.1. The lowest BCUT2D eigenvalue weighted by Crippen LogP contribution is -2.42. The molecule has 0 spiro atoms. The predicted molar refractivity (Wildman–Crippen MR) is 50.8 cm³/mol. The Morgan fingerprint density at radius 2 is 2.36 bits per heavy atom. The molecule has 0 radical (unpaired) electrons. The van der Waals surface area contributed by atoms with E-state index in [-0.39, 0.29) is 12.1 Å². The minimum Gasteiger partial charge on any atom is -0.466 e. The van der Waals surface area contributed by atoms with Crippen molar-refractivity contribution in [1.82, 2.24) is 0 Å². The highest BCUT2D eigenvalue weighted by Crippen LogP contribution is 2.25. The van der Waals surface area contributed by atoms with Crippen molar-refractivity contribution < 1.29 is 19.0 Å². The second kappa shape index (κ2) is 4.75. The summed E-state index contributed by atoms with van der Waals surface area (Å²) in [6.45, 7) is 6.35. The molecule has 0 amide bonds. The summed E-state index contributed by atoms with van der Waals surface area (Å²) in [6.07, 6.45) is 1.71. The van der Waals surface area contributed by atoms with Gasteiger partial charge in [-0.15, -0.1) is 0 Å². The highest BCUT2D eigenvalue weighted by molar-refractivity contribution is 5.65. The first-order chi connectivity index (χ1) is 6.52. The molecule has 0 aromatic rings. The van der Waals surface area contributed by atoms with E-state index in [2.05, 4.69) is 0 Å². The fourth-order valence-corrected chi connectivity index (χ4v) is 1.47. The Labute approximate surface area is 84.5 Å². The van der Waals surface area contributed by atoms with Crippen LogP contribution in [0.2, 0.25) is 0 Å². The molecule has 0 saturated carbocycles. The van der Waals surface area contributed by atoms with Crippen LogP contribution >= 0.6 is 0 Å². The summed E-state index contributed by atoms with van der Waals surface area (Å²) in [5.74, 6) is -0.856. The molecule has 0 aliphatic carbocycles. The van der Waals surface area contributed by atoms with Gasteiger partial charge in [0.25, 0.3) is 0 Å². The van der Waals surface area contributed by atoms with Crippen LogP contribution in [0.15, 0.2) is 0 Å². The molecular formula is C10H18O4. The molecule has 82 valence electrons. The molecule has 1 saturated heterocycles. The molecule has 0 aromatic carbocycles. The topological polar surface area (TPSA) is 44.8 Å². The van der Waals surface area contributed by atoms with Crippen LogP contribution in [0.3, 0.4) is 0 Å². The van der Waals surface area contributed by atoms with Crippen molar-refractivity contribution in [1.29, 1.82) is 0 Å². The highest BCUT2D eigenvalue weighted by atomic mass is 16.7. The van der Waals surface area contributed by atoms with E-state index in [9.17, 15) is 4.79 Å². The van der Waals surface area contributed by atoms with Crippen LogP contribution in [-0.4, -0.2) is 31.1 Å². The Kier molecular flexibility index (Phi) is 3.89. The van der Waals surface area contributed by atoms with Crippen molar-refractivity contribution in [2.24, 2.45) is 0 Å². The lowest BCUT2D eigenvalue weighted by molar-refractivity contribution is -0.285. The minimum absolute atomic E-state index is 0.214. The normalized spacial score (nSPS) is 32.6. The molecule has 1 rings (SSSR count). The number of carbonyl (C=O) groups excluding carboxylic acids is 1. The van der Waals surface area contributed by atoms with Crippen molar-refractivity contribution >= 4 is 5.97 Å². The van der Waals surface area contributed by atoms with Crippen LogP contribution in [0.1, 0.15) is 33.6 Å². The Bertz CT molecular complexity index is 204. The van der Waals surface area contributed by atoms with Gasteiger partial charge < -0.3 is 14.2 Å². The molecule has 1 fully saturated rings. The minimum atomic E-state index is -0.590. The average Bonchev–Trinajstić information content (AvgIpc) is 2.01. The van der Waals surface area contributed by atoms with E-state index >= 15 is 0 Å². The van der Waals surface area contributed by atoms with Crippen LogP contribution in [-0.2, 0) is 19.0 Å². The fraction of sp³-hybridized carbons (Fsp3) is 0.900. The average molecular weight is 202 g/mol. The van der Waals surface area contributed by atoms with Gasteiger partial charge in [-0.3, -0.25) is 4.79 Å². The van der Waals surface area contributed by atoms with E-state index in [4.69, 9.17) is 14.2 Å². The van der Waals surface area contributed by atoms with Crippen LogP contribution in [0.5, 0.6) is 0 Å². The first kappa shape index (κ1) is 11.5. The van der Waals surface area contributed by atoms with Crippen molar-refractivity contribution in [3.63, 3.8) is 0 Å². The Morgan fingerprint density at radius 3 is 2.93 bits per heavy atom. The molecule has 0 bridgehead atoms. The van der Waals surface area contributed by atoms with Crippen molar-refractivity contribution in [3.8, 4) is 0 Å². The summed E-state index contributed by atoms with van der Waals surface area (Å²) in [7, 11) is 0. The molecule has 4 heteroatoms. The van der Waals surface area contributed by atoms with E-state index in [1.165, 1.54) is 6.92 Å². The predicted octanol–water partition coefficient (Wildman–Crippen LogP) is 1.48. The Balaban J connectivity index is 2.29. The summed E-state index contributed by atoms with van der Waals surface area (Å²) in [5.41, 5.74) is 0. The van der Waals surface area contributed by atoms with E-state index in [0.717, 1.165) is 6.42 Å². The fourth-order valence-electron chi connectivity index (χ4n) is 1.47. The van der Waals surface area contributed by atoms with Gasteiger partial charge in [-0.1, -0.05) is 0 Å². The smallest absolute Gasteiger partial charge is 0.302 e. The second-order valence-corrected chi connectivity index (χ2v) is 3.79. The number of esters is 1. The van der Waals surface area contributed by atoms with Gasteiger partial charge in [0.1, 0.15) is 0 Å². The Hall–Kier alpha value is -0.610. The monoisotopic (exact) mass is 202 g/mol. The van der Waals surface area contributed by atoms with Gasteiger partial charge in [-0.2, -0.15) is 0 Å². The maximum Gasteiger partial charge on any atom is 0.302 e. The molecule has 2 atom stereocenters. The SMILES string of the molecule is CC(=O)OCCC1(C)OCCC(C)O1. The summed E-state index contributed by atoms with van der Waals surface area (Å²) >= 11 is 0. The molecule has 2 unspecified atom stereocenters. The van der Waals surface area contributed by atoms with Gasteiger partial charge in [0.15, 0.2) is 5.79 Å². The highest BCUT2D eigenvalue weighted by Gasteiger charge is 2.32. The van der Waals surface area contributed by atoms with Gasteiger partial charge in [0.2, 0.25) is 0 Å². The van der Waals surface area contributed by atoms with Crippen LogP contribution in [0, 0.1) is 0 Å². The largest absolute Gasteiger partial charge is 0.466 e. The quantitative estimate of drug-likeness (QED) is 0.650. The third-order valence-corrected chi connectivity index (χ3v) is 2.24. The molecule has 0 N–H and O–H groups in total. The zero-order valence-electron chi connectivity index (χ0n) is 9.04. The molecule has 1 heterocycles. The molecular weight excluding hydrogens is 184 g/mol. The second-order valence-electron chi connectivity index (χ2n) is 3.79. The van der Waals surface area contributed by atoms with E-state index in [0.29, 0.717) is 19.6 Å². The number of rotatable bonds is 3. The van der Waals surface area contributed by atoms with E-state index in [1.807, 2.05) is 13.8 Å². The number of carbonyl (C=O) groups is 1. The summed E-state index contributed by atoms with van der Waals surface area (Å²) < 4.78 is 16.0.